The first kappa shape index (κ1) is 18.4. The Labute approximate surface area is 158 Å². The van der Waals surface area contributed by atoms with Crippen molar-refractivity contribution in [3.8, 4) is 28.6 Å². The summed E-state index contributed by atoms with van der Waals surface area (Å²) in [5, 5.41) is 2.88. The Bertz CT molecular complexity index is 924. The van der Waals surface area contributed by atoms with E-state index in [1.165, 1.54) is 6.33 Å². The zero-order valence-corrected chi connectivity index (χ0v) is 15.5. The van der Waals surface area contributed by atoms with Crippen molar-refractivity contribution in [3.63, 3.8) is 0 Å². The minimum Gasteiger partial charge on any atom is -0.497 e. The number of amides is 1. The van der Waals surface area contributed by atoms with Gasteiger partial charge in [-0.3, -0.25) is 4.79 Å². The summed E-state index contributed by atoms with van der Waals surface area (Å²) < 4.78 is 10.9. The molecule has 1 amide bonds. The quantitative estimate of drug-likeness (QED) is 0.714. The molecular formula is C21H21N3O3. The van der Waals surface area contributed by atoms with Gasteiger partial charge in [-0.25, -0.2) is 9.97 Å². The fourth-order valence-corrected chi connectivity index (χ4v) is 2.48. The van der Waals surface area contributed by atoms with Crippen molar-refractivity contribution >= 4 is 5.91 Å². The van der Waals surface area contributed by atoms with Crippen LogP contribution >= 0.6 is 0 Å². The fraction of sp³-hybridized carbons (Fsp3) is 0.190. The first-order valence-corrected chi connectivity index (χ1v) is 8.60. The molecule has 0 spiro atoms. The van der Waals surface area contributed by atoms with Gasteiger partial charge in [-0.1, -0.05) is 12.1 Å². The summed E-state index contributed by atoms with van der Waals surface area (Å²) in [5.74, 6) is 1.70. The minimum absolute atomic E-state index is 0.0738. The monoisotopic (exact) mass is 363 g/mol. The van der Waals surface area contributed by atoms with Crippen molar-refractivity contribution in [1.29, 1.82) is 0 Å². The maximum atomic E-state index is 12.2. The van der Waals surface area contributed by atoms with E-state index < -0.39 is 0 Å². The van der Waals surface area contributed by atoms with Crippen molar-refractivity contribution in [2.45, 2.75) is 19.9 Å². The zero-order chi connectivity index (χ0) is 19.2. The fourth-order valence-electron chi connectivity index (χ4n) is 2.48. The van der Waals surface area contributed by atoms with E-state index in [-0.39, 0.29) is 11.9 Å². The van der Waals surface area contributed by atoms with Crippen LogP contribution in [0.5, 0.6) is 17.4 Å². The molecule has 3 aromatic rings. The molecule has 1 N–H and O–H groups in total. The number of carbonyl (C=O) groups excluding carboxylic acids is 1. The summed E-state index contributed by atoms with van der Waals surface area (Å²) in [5.41, 5.74) is 2.07. The standard InChI is InChI=1S/C21H21N3O3/c1-14(2)24-21(25)16-6-4-5-15(11-16)19-12-20(23-13-22-19)27-18-9-7-17(26-3)8-10-18/h4-14H,1-3H3,(H,24,25). The summed E-state index contributed by atoms with van der Waals surface area (Å²) in [6, 6.07) is 16.3. The van der Waals surface area contributed by atoms with Gasteiger partial charge in [-0.2, -0.15) is 0 Å². The Morgan fingerprint density at radius 2 is 1.74 bits per heavy atom. The van der Waals surface area contributed by atoms with Crippen LogP contribution in [-0.2, 0) is 0 Å². The van der Waals surface area contributed by atoms with Gasteiger partial charge in [-0.15, -0.1) is 0 Å². The van der Waals surface area contributed by atoms with E-state index in [0.29, 0.717) is 22.9 Å². The van der Waals surface area contributed by atoms with Gasteiger partial charge in [0.15, 0.2) is 0 Å². The van der Waals surface area contributed by atoms with Crippen LogP contribution < -0.4 is 14.8 Å². The molecule has 0 saturated carbocycles. The largest absolute Gasteiger partial charge is 0.497 e. The highest BCUT2D eigenvalue weighted by molar-refractivity contribution is 5.95. The van der Waals surface area contributed by atoms with Crippen molar-refractivity contribution in [1.82, 2.24) is 15.3 Å². The number of methoxy groups -OCH3 is 1. The third-order valence-electron chi connectivity index (χ3n) is 3.76. The van der Waals surface area contributed by atoms with E-state index in [2.05, 4.69) is 15.3 Å². The Morgan fingerprint density at radius 3 is 2.44 bits per heavy atom. The number of benzene rings is 2. The second kappa shape index (κ2) is 8.31. The molecule has 0 atom stereocenters. The zero-order valence-electron chi connectivity index (χ0n) is 15.5. The number of aromatic nitrogens is 2. The van der Waals surface area contributed by atoms with Crippen molar-refractivity contribution in [2.75, 3.05) is 7.11 Å². The first-order chi connectivity index (χ1) is 13.0. The molecule has 27 heavy (non-hydrogen) atoms. The minimum atomic E-state index is -0.115. The Balaban J connectivity index is 1.81. The molecule has 0 aliphatic carbocycles. The van der Waals surface area contributed by atoms with Gasteiger partial charge in [0.2, 0.25) is 5.88 Å². The highest BCUT2D eigenvalue weighted by Crippen LogP contribution is 2.25. The topological polar surface area (TPSA) is 73.3 Å². The van der Waals surface area contributed by atoms with Gasteiger partial charge >= 0.3 is 0 Å². The van der Waals surface area contributed by atoms with E-state index in [0.717, 1.165) is 11.3 Å². The van der Waals surface area contributed by atoms with Gasteiger partial charge in [0, 0.05) is 23.2 Å². The first-order valence-electron chi connectivity index (χ1n) is 8.60. The van der Waals surface area contributed by atoms with Gasteiger partial charge in [-0.05, 0) is 50.2 Å². The smallest absolute Gasteiger partial charge is 0.251 e. The molecule has 2 aromatic carbocycles. The van der Waals surface area contributed by atoms with E-state index >= 15 is 0 Å². The number of nitrogens with one attached hydrogen (secondary N) is 1. The molecule has 0 unspecified atom stereocenters. The van der Waals surface area contributed by atoms with Gasteiger partial charge in [0.25, 0.3) is 5.91 Å². The second-order valence-electron chi connectivity index (χ2n) is 6.23. The molecule has 0 aliphatic rings. The summed E-state index contributed by atoms with van der Waals surface area (Å²) in [7, 11) is 1.61. The lowest BCUT2D eigenvalue weighted by molar-refractivity contribution is 0.0943. The molecule has 0 radical (unpaired) electrons. The molecule has 138 valence electrons. The number of hydrogen-bond acceptors (Lipinski definition) is 5. The maximum Gasteiger partial charge on any atom is 0.251 e. The Morgan fingerprint density at radius 1 is 1.00 bits per heavy atom. The second-order valence-corrected chi connectivity index (χ2v) is 6.23. The van der Waals surface area contributed by atoms with E-state index in [1.54, 1.807) is 37.4 Å². The summed E-state index contributed by atoms with van der Waals surface area (Å²) in [4.78, 5) is 20.7. The van der Waals surface area contributed by atoms with Crippen LogP contribution in [0.2, 0.25) is 0 Å². The number of nitrogens with zero attached hydrogens (tertiary/aromatic N) is 2. The van der Waals surface area contributed by atoms with E-state index in [1.807, 2.05) is 38.1 Å². The van der Waals surface area contributed by atoms with Gasteiger partial charge < -0.3 is 14.8 Å². The predicted molar refractivity (Wildman–Crippen MR) is 103 cm³/mol. The Kier molecular flexibility index (Phi) is 5.66. The van der Waals surface area contributed by atoms with Gasteiger partial charge in [0.05, 0.1) is 12.8 Å². The molecule has 6 nitrogen and oxygen atoms in total. The lowest BCUT2D eigenvalue weighted by Gasteiger charge is -2.10. The molecule has 0 fully saturated rings. The molecule has 1 aromatic heterocycles. The molecule has 6 heteroatoms. The molecular weight excluding hydrogens is 342 g/mol. The van der Waals surface area contributed by atoms with Crippen LogP contribution in [0.15, 0.2) is 60.9 Å². The van der Waals surface area contributed by atoms with E-state index in [4.69, 9.17) is 9.47 Å². The number of hydrogen-bond donors (Lipinski definition) is 1. The summed E-state index contributed by atoms with van der Waals surface area (Å²) >= 11 is 0. The van der Waals surface area contributed by atoms with Crippen LogP contribution in [0, 0.1) is 0 Å². The van der Waals surface area contributed by atoms with Crippen LogP contribution in [0.25, 0.3) is 11.3 Å². The van der Waals surface area contributed by atoms with Crippen molar-refractivity contribution in [3.05, 3.63) is 66.5 Å². The Hall–Kier alpha value is -3.41. The van der Waals surface area contributed by atoms with Crippen molar-refractivity contribution < 1.29 is 14.3 Å². The SMILES string of the molecule is COc1ccc(Oc2cc(-c3cccc(C(=O)NC(C)C)c3)ncn2)cc1. The van der Waals surface area contributed by atoms with Crippen LogP contribution in [0.3, 0.4) is 0 Å². The number of rotatable bonds is 6. The van der Waals surface area contributed by atoms with Crippen molar-refractivity contribution in [2.24, 2.45) is 0 Å². The molecule has 0 bridgehead atoms. The highest BCUT2D eigenvalue weighted by atomic mass is 16.5. The normalized spacial score (nSPS) is 10.5. The lowest BCUT2D eigenvalue weighted by Crippen LogP contribution is -2.30. The average Bonchev–Trinajstić information content (AvgIpc) is 2.68. The lowest BCUT2D eigenvalue weighted by atomic mass is 10.1. The maximum absolute atomic E-state index is 12.2. The van der Waals surface area contributed by atoms with E-state index in [9.17, 15) is 4.79 Å². The average molecular weight is 363 g/mol. The van der Waals surface area contributed by atoms with Crippen LogP contribution in [-0.4, -0.2) is 29.0 Å². The third kappa shape index (κ3) is 4.82. The number of ether oxygens (including phenoxy) is 2. The summed E-state index contributed by atoms with van der Waals surface area (Å²) in [6.45, 7) is 3.85. The van der Waals surface area contributed by atoms with Crippen LogP contribution in [0.1, 0.15) is 24.2 Å². The molecule has 0 saturated heterocycles. The molecule has 0 aliphatic heterocycles. The predicted octanol–water partition coefficient (Wildman–Crippen LogP) is 4.08. The molecule has 3 rings (SSSR count). The highest BCUT2D eigenvalue weighted by Gasteiger charge is 2.10. The number of carbonyl (C=O) groups is 1. The van der Waals surface area contributed by atoms with Crippen LogP contribution in [0.4, 0.5) is 0 Å². The van der Waals surface area contributed by atoms with Gasteiger partial charge in [0.1, 0.15) is 17.8 Å². The molecule has 1 heterocycles. The third-order valence-corrected chi connectivity index (χ3v) is 3.76. The summed E-state index contributed by atoms with van der Waals surface area (Å²) in [6.07, 6.45) is 1.44.